The maximum Gasteiger partial charge on any atom is 0.272 e. The summed E-state index contributed by atoms with van der Waals surface area (Å²) in [5, 5.41) is 7.22. The Morgan fingerprint density at radius 1 is 1.09 bits per heavy atom. The number of fused-ring (bicyclic) bond motifs is 1. The highest BCUT2D eigenvalue weighted by Gasteiger charge is 2.26. The van der Waals surface area contributed by atoms with E-state index in [2.05, 4.69) is 10.4 Å². The molecule has 0 atom stereocenters. The maximum atomic E-state index is 13.5. The highest BCUT2D eigenvalue weighted by molar-refractivity contribution is 5.98. The first-order valence-electron chi connectivity index (χ1n) is 10.6. The van der Waals surface area contributed by atoms with Crippen LogP contribution in [-0.2, 0) is 19.6 Å². The lowest BCUT2D eigenvalue weighted by molar-refractivity contribution is 0.0745. The number of carbonyl (C=O) groups is 2. The Labute approximate surface area is 186 Å². The van der Waals surface area contributed by atoms with E-state index in [0.29, 0.717) is 38.3 Å². The van der Waals surface area contributed by atoms with Crippen molar-refractivity contribution in [2.45, 2.75) is 26.1 Å². The number of halogens is 1. The van der Waals surface area contributed by atoms with Gasteiger partial charge in [-0.25, -0.2) is 4.39 Å². The van der Waals surface area contributed by atoms with E-state index in [1.807, 2.05) is 43.3 Å². The van der Waals surface area contributed by atoms with Crippen LogP contribution in [0, 0.1) is 5.82 Å². The standard InChI is InChI=1S/C24H26FN5O2/c1-28(2)20-9-7-17(8-10-20)15-26-23(31)21-14-22-24(32)29(11-4-12-30(22)27-21)16-18-5-3-6-19(25)13-18/h3,5-10,13-14H,4,11-12,15-16H2,1-2H3,(H,26,31). The molecule has 3 aromatic rings. The van der Waals surface area contributed by atoms with Gasteiger partial charge in [0.1, 0.15) is 11.5 Å². The van der Waals surface area contributed by atoms with E-state index >= 15 is 0 Å². The normalized spacial score (nSPS) is 13.5. The van der Waals surface area contributed by atoms with E-state index in [1.165, 1.54) is 18.2 Å². The van der Waals surface area contributed by atoms with Crippen molar-refractivity contribution in [3.05, 3.63) is 82.9 Å². The van der Waals surface area contributed by atoms with Crippen molar-refractivity contribution < 1.29 is 14.0 Å². The Bertz CT molecular complexity index is 1120. The van der Waals surface area contributed by atoms with Gasteiger partial charge < -0.3 is 15.1 Å². The van der Waals surface area contributed by atoms with Crippen LogP contribution in [0.15, 0.2) is 54.6 Å². The number of nitrogens with zero attached hydrogens (tertiary/aromatic N) is 4. The molecule has 2 amide bonds. The molecule has 4 rings (SSSR count). The zero-order chi connectivity index (χ0) is 22.7. The van der Waals surface area contributed by atoms with Gasteiger partial charge in [0.2, 0.25) is 0 Å². The van der Waals surface area contributed by atoms with Crippen molar-refractivity contribution in [2.75, 3.05) is 25.5 Å². The molecule has 7 nitrogen and oxygen atoms in total. The quantitative estimate of drug-likeness (QED) is 0.646. The third kappa shape index (κ3) is 4.80. The summed E-state index contributed by atoms with van der Waals surface area (Å²) in [4.78, 5) is 29.4. The SMILES string of the molecule is CN(C)c1ccc(CNC(=O)c2cc3n(n2)CCCN(Cc2cccc(F)c2)C3=O)cc1. The minimum Gasteiger partial charge on any atom is -0.378 e. The van der Waals surface area contributed by atoms with Gasteiger partial charge in [-0.1, -0.05) is 24.3 Å². The first-order valence-corrected chi connectivity index (χ1v) is 10.6. The molecule has 0 spiro atoms. The van der Waals surface area contributed by atoms with Crippen LogP contribution in [0.1, 0.15) is 38.5 Å². The highest BCUT2D eigenvalue weighted by atomic mass is 19.1. The van der Waals surface area contributed by atoms with E-state index in [4.69, 9.17) is 0 Å². The number of nitrogens with one attached hydrogen (secondary N) is 1. The predicted octanol–water partition coefficient (Wildman–Crippen LogP) is 3.06. The lowest BCUT2D eigenvalue weighted by Crippen LogP contribution is -2.30. The minimum atomic E-state index is -0.329. The van der Waals surface area contributed by atoms with Crippen LogP contribution in [0.5, 0.6) is 0 Å². The molecule has 1 aliphatic rings. The van der Waals surface area contributed by atoms with Gasteiger partial charge in [-0.3, -0.25) is 14.3 Å². The van der Waals surface area contributed by atoms with Gasteiger partial charge in [-0.2, -0.15) is 5.10 Å². The second-order valence-corrected chi connectivity index (χ2v) is 8.09. The summed E-state index contributed by atoms with van der Waals surface area (Å²) >= 11 is 0. The fraction of sp³-hybridized carbons (Fsp3) is 0.292. The number of carbonyl (C=O) groups excluding carboxylic acids is 2. The molecule has 8 heteroatoms. The Morgan fingerprint density at radius 2 is 1.88 bits per heavy atom. The molecule has 1 N–H and O–H groups in total. The van der Waals surface area contributed by atoms with Crippen LogP contribution in [0.4, 0.5) is 10.1 Å². The summed E-state index contributed by atoms with van der Waals surface area (Å²) in [6.45, 7) is 1.77. The van der Waals surface area contributed by atoms with Gasteiger partial charge in [-0.15, -0.1) is 0 Å². The van der Waals surface area contributed by atoms with E-state index < -0.39 is 0 Å². The van der Waals surface area contributed by atoms with Crippen molar-refractivity contribution in [1.29, 1.82) is 0 Å². The number of amides is 2. The van der Waals surface area contributed by atoms with E-state index in [1.54, 1.807) is 21.7 Å². The predicted molar refractivity (Wildman–Crippen MR) is 120 cm³/mol. The molecule has 166 valence electrons. The summed E-state index contributed by atoms with van der Waals surface area (Å²) in [5.74, 6) is -0.866. The van der Waals surface area contributed by atoms with Crippen LogP contribution in [0.3, 0.4) is 0 Å². The number of hydrogen-bond donors (Lipinski definition) is 1. The molecule has 0 fully saturated rings. The number of aryl methyl sites for hydroxylation is 1. The fourth-order valence-corrected chi connectivity index (χ4v) is 3.74. The molecule has 2 heterocycles. The molecule has 0 radical (unpaired) electrons. The smallest absolute Gasteiger partial charge is 0.272 e. The second kappa shape index (κ2) is 9.21. The molecule has 0 unspecified atom stereocenters. The van der Waals surface area contributed by atoms with Crippen LogP contribution in [0.2, 0.25) is 0 Å². The monoisotopic (exact) mass is 435 g/mol. The van der Waals surface area contributed by atoms with Crippen LogP contribution >= 0.6 is 0 Å². The van der Waals surface area contributed by atoms with E-state index in [-0.39, 0.29) is 23.3 Å². The van der Waals surface area contributed by atoms with Gasteiger partial charge in [0, 0.05) is 52.0 Å². The maximum absolute atomic E-state index is 13.5. The number of rotatable bonds is 6. The Morgan fingerprint density at radius 3 is 2.59 bits per heavy atom. The Kier molecular flexibility index (Phi) is 6.20. The van der Waals surface area contributed by atoms with Crippen molar-refractivity contribution in [3.8, 4) is 0 Å². The number of aromatic nitrogens is 2. The van der Waals surface area contributed by atoms with Gasteiger partial charge >= 0.3 is 0 Å². The first-order chi connectivity index (χ1) is 15.4. The lowest BCUT2D eigenvalue weighted by Gasteiger charge is -2.20. The number of anilines is 1. The topological polar surface area (TPSA) is 70.5 Å². The third-order valence-electron chi connectivity index (χ3n) is 5.49. The summed E-state index contributed by atoms with van der Waals surface area (Å²) in [6.07, 6.45) is 0.703. The molecule has 1 aromatic heterocycles. The van der Waals surface area contributed by atoms with Crippen LogP contribution in [0.25, 0.3) is 0 Å². The molecule has 0 aliphatic carbocycles. The molecule has 1 aliphatic heterocycles. The fourth-order valence-electron chi connectivity index (χ4n) is 3.74. The molecule has 0 saturated heterocycles. The molecule has 0 saturated carbocycles. The molecular weight excluding hydrogens is 409 g/mol. The average molecular weight is 436 g/mol. The first kappa shape index (κ1) is 21.5. The van der Waals surface area contributed by atoms with Crippen molar-refractivity contribution in [2.24, 2.45) is 0 Å². The van der Waals surface area contributed by atoms with Gasteiger partial charge in [0.15, 0.2) is 5.69 Å². The zero-order valence-electron chi connectivity index (χ0n) is 18.2. The van der Waals surface area contributed by atoms with Crippen LogP contribution in [-0.4, -0.2) is 47.1 Å². The van der Waals surface area contributed by atoms with E-state index in [0.717, 1.165) is 16.8 Å². The zero-order valence-corrected chi connectivity index (χ0v) is 18.2. The molecule has 2 aromatic carbocycles. The second-order valence-electron chi connectivity index (χ2n) is 8.09. The van der Waals surface area contributed by atoms with Gasteiger partial charge in [0.25, 0.3) is 11.8 Å². The summed E-state index contributed by atoms with van der Waals surface area (Å²) in [7, 11) is 3.94. The lowest BCUT2D eigenvalue weighted by atomic mass is 10.2. The molecular formula is C24H26FN5O2. The molecule has 32 heavy (non-hydrogen) atoms. The number of hydrogen-bond acceptors (Lipinski definition) is 4. The van der Waals surface area contributed by atoms with Crippen molar-refractivity contribution in [3.63, 3.8) is 0 Å². The third-order valence-corrected chi connectivity index (χ3v) is 5.49. The van der Waals surface area contributed by atoms with Gasteiger partial charge in [0.05, 0.1) is 0 Å². The van der Waals surface area contributed by atoms with Crippen molar-refractivity contribution >= 4 is 17.5 Å². The Hall–Kier alpha value is -3.68. The molecule has 0 bridgehead atoms. The summed E-state index contributed by atoms with van der Waals surface area (Å²) in [6, 6.07) is 15.7. The Balaban J connectivity index is 1.43. The van der Waals surface area contributed by atoms with Crippen molar-refractivity contribution in [1.82, 2.24) is 20.0 Å². The van der Waals surface area contributed by atoms with E-state index in [9.17, 15) is 14.0 Å². The summed E-state index contributed by atoms with van der Waals surface area (Å²) < 4.78 is 15.1. The minimum absolute atomic E-state index is 0.211. The average Bonchev–Trinajstić information content (AvgIpc) is 3.15. The highest BCUT2D eigenvalue weighted by Crippen LogP contribution is 2.17. The largest absolute Gasteiger partial charge is 0.378 e. The van der Waals surface area contributed by atoms with Crippen LogP contribution < -0.4 is 10.2 Å². The number of benzene rings is 2. The summed E-state index contributed by atoms with van der Waals surface area (Å²) in [5.41, 5.74) is 3.37. The van der Waals surface area contributed by atoms with Gasteiger partial charge in [-0.05, 0) is 41.8 Å².